The van der Waals surface area contributed by atoms with Gasteiger partial charge in [-0.2, -0.15) is 0 Å². The molecule has 1 N–H and O–H groups in total. The Morgan fingerprint density at radius 2 is 1.94 bits per heavy atom. The van der Waals surface area contributed by atoms with Gasteiger partial charge in [-0.25, -0.2) is 0 Å². The maximum atomic E-state index is 5.70. The molecule has 0 unspecified atom stereocenters. The summed E-state index contributed by atoms with van der Waals surface area (Å²) in [5.74, 6) is 0. The molecular weight excluding hydrogens is 218 g/mol. The second kappa shape index (κ2) is 7.43. The second-order valence-electron chi connectivity index (χ2n) is 5.09. The maximum absolute atomic E-state index is 5.70. The van der Waals surface area contributed by atoms with Crippen LogP contribution < -0.4 is 5.32 Å². The molecule has 16 heavy (non-hydrogen) atoms. The zero-order valence-electron chi connectivity index (χ0n) is 10.8. The summed E-state index contributed by atoms with van der Waals surface area (Å²) in [7, 11) is 0.163. The Hall–Kier alpha value is 0.0969. The molecule has 1 fully saturated rings. The third-order valence-corrected chi connectivity index (χ3v) is 3.99. The van der Waals surface area contributed by atoms with E-state index in [-0.39, 0.29) is 15.6 Å². The Balaban J connectivity index is 2.13. The van der Waals surface area contributed by atoms with Crippen molar-refractivity contribution in [2.45, 2.75) is 64.5 Å². The molecule has 3 nitrogen and oxygen atoms in total. The number of nitrogens with one attached hydrogen (secondary N) is 1. The molecule has 0 aromatic carbocycles. The third kappa shape index (κ3) is 5.99. The summed E-state index contributed by atoms with van der Waals surface area (Å²) < 4.78 is 10.9. The molecule has 0 aromatic rings. The van der Waals surface area contributed by atoms with E-state index in [1.165, 1.54) is 32.1 Å². The molecule has 0 bridgehead atoms. The zero-order chi connectivity index (χ0) is 11.9. The van der Waals surface area contributed by atoms with Crippen LogP contribution in [-0.4, -0.2) is 34.8 Å². The molecule has 4 heteroatoms. The van der Waals surface area contributed by atoms with Crippen LogP contribution in [0.5, 0.6) is 0 Å². The van der Waals surface area contributed by atoms with Gasteiger partial charge in [0.25, 0.3) is 0 Å². The smallest absolute Gasteiger partial charge is 0.393 e. The molecule has 0 amide bonds. The van der Waals surface area contributed by atoms with Gasteiger partial charge in [0.2, 0.25) is 0 Å². The van der Waals surface area contributed by atoms with Crippen LogP contribution in [-0.2, 0) is 8.85 Å². The lowest BCUT2D eigenvalue weighted by Crippen LogP contribution is -2.44. The van der Waals surface area contributed by atoms with Crippen LogP contribution in [0, 0.1) is 0 Å². The Labute approximate surface area is 102 Å². The fraction of sp³-hybridized carbons (Fsp3) is 1.00. The zero-order valence-corrected chi connectivity index (χ0v) is 11.8. The first-order chi connectivity index (χ1) is 7.64. The molecule has 1 saturated carbocycles. The van der Waals surface area contributed by atoms with Crippen LogP contribution in [0.4, 0.5) is 0 Å². The van der Waals surface area contributed by atoms with E-state index in [2.05, 4.69) is 19.2 Å². The van der Waals surface area contributed by atoms with Crippen molar-refractivity contribution in [1.82, 2.24) is 5.32 Å². The molecule has 94 valence electrons. The normalized spacial score (nSPS) is 18.9. The van der Waals surface area contributed by atoms with Crippen molar-refractivity contribution in [3.63, 3.8) is 0 Å². The minimum atomic E-state index is -0.120. The average molecular weight is 243 g/mol. The van der Waals surface area contributed by atoms with Crippen LogP contribution in [0.3, 0.4) is 0 Å². The van der Waals surface area contributed by atoms with Gasteiger partial charge >= 0.3 is 10.0 Å². The van der Waals surface area contributed by atoms with E-state index >= 15 is 0 Å². The highest BCUT2D eigenvalue weighted by Gasteiger charge is 2.21. The topological polar surface area (TPSA) is 30.5 Å². The molecule has 1 aliphatic rings. The predicted octanol–water partition coefficient (Wildman–Crippen LogP) is 2.27. The molecule has 0 atom stereocenters. The van der Waals surface area contributed by atoms with Gasteiger partial charge in [-0.1, -0.05) is 19.3 Å². The van der Waals surface area contributed by atoms with Gasteiger partial charge in [-0.3, -0.25) is 0 Å². The average Bonchev–Trinajstić information content (AvgIpc) is 2.28. The van der Waals surface area contributed by atoms with E-state index in [4.69, 9.17) is 8.85 Å². The van der Waals surface area contributed by atoms with Gasteiger partial charge in [-0.05, 0) is 33.6 Å². The molecule has 0 aromatic heterocycles. The first-order valence-corrected chi connectivity index (χ1v) is 7.24. The molecule has 1 aliphatic carbocycles. The summed E-state index contributed by atoms with van der Waals surface area (Å²) in [4.78, 5) is 0. The molecular formula is C12H25NO2Si. The standard InChI is InChI=1S/C12H25NO2Si/c1-4-14-16-15-12(2,3)10-13-11-8-6-5-7-9-11/h11,13H,4-10H2,1-3H3. The number of hydrogen-bond acceptors (Lipinski definition) is 3. The van der Waals surface area contributed by atoms with E-state index < -0.39 is 0 Å². The minimum absolute atomic E-state index is 0.120. The Bertz CT molecular complexity index is 182. The van der Waals surface area contributed by atoms with Gasteiger partial charge in [0.15, 0.2) is 0 Å². The number of rotatable bonds is 7. The summed E-state index contributed by atoms with van der Waals surface area (Å²) >= 11 is 0. The predicted molar refractivity (Wildman–Crippen MR) is 67.4 cm³/mol. The first kappa shape index (κ1) is 14.2. The SMILES string of the molecule is CCO[Si]OC(C)(C)CNC1CCCCC1. The van der Waals surface area contributed by atoms with E-state index in [0.717, 1.165) is 13.2 Å². The molecule has 1 rings (SSSR count). The molecule has 2 radical (unpaired) electrons. The Morgan fingerprint density at radius 1 is 1.25 bits per heavy atom. The Kier molecular flexibility index (Phi) is 6.57. The molecule has 0 saturated heterocycles. The minimum Gasteiger partial charge on any atom is -0.393 e. The lowest BCUT2D eigenvalue weighted by Gasteiger charge is -2.30. The van der Waals surface area contributed by atoms with Gasteiger partial charge in [0.05, 0.1) is 5.60 Å². The van der Waals surface area contributed by atoms with E-state index in [1.54, 1.807) is 0 Å². The summed E-state index contributed by atoms with van der Waals surface area (Å²) in [5.41, 5.74) is -0.120. The van der Waals surface area contributed by atoms with Crippen LogP contribution in [0.25, 0.3) is 0 Å². The maximum Gasteiger partial charge on any atom is 0.433 e. The Morgan fingerprint density at radius 3 is 2.56 bits per heavy atom. The van der Waals surface area contributed by atoms with Crippen LogP contribution in [0.15, 0.2) is 0 Å². The van der Waals surface area contributed by atoms with Gasteiger partial charge in [0, 0.05) is 19.2 Å². The quantitative estimate of drug-likeness (QED) is 0.550. The van der Waals surface area contributed by atoms with Gasteiger partial charge in [0.1, 0.15) is 0 Å². The van der Waals surface area contributed by atoms with Crippen molar-refractivity contribution in [3.8, 4) is 0 Å². The monoisotopic (exact) mass is 243 g/mol. The van der Waals surface area contributed by atoms with Crippen molar-refractivity contribution in [3.05, 3.63) is 0 Å². The highest BCUT2D eigenvalue weighted by atomic mass is 28.3. The van der Waals surface area contributed by atoms with Gasteiger partial charge in [-0.15, -0.1) is 0 Å². The highest BCUT2D eigenvalue weighted by Crippen LogP contribution is 2.18. The first-order valence-electron chi connectivity index (χ1n) is 6.42. The molecule has 0 spiro atoms. The van der Waals surface area contributed by atoms with Crippen LogP contribution in [0.2, 0.25) is 0 Å². The lowest BCUT2D eigenvalue weighted by atomic mass is 9.95. The summed E-state index contributed by atoms with van der Waals surface area (Å²) in [5, 5.41) is 3.61. The van der Waals surface area contributed by atoms with Crippen molar-refractivity contribution >= 4 is 10.0 Å². The van der Waals surface area contributed by atoms with E-state index in [1.807, 2.05) is 6.92 Å². The highest BCUT2D eigenvalue weighted by molar-refractivity contribution is 6.18. The van der Waals surface area contributed by atoms with Crippen molar-refractivity contribution in [2.75, 3.05) is 13.2 Å². The van der Waals surface area contributed by atoms with Crippen molar-refractivity contribution in [2.24, 2.45) is 0 Å². The summed E-state index contributed by atoms with van der Waals surface area (Å²) in [6.45, 7) is 7.87. The van der Waals surface area contributed by atoms with Crippen molar-refractivity contribution < 1.29 is 8.85 Å². The summed E-state index contributed by atoms with van der Waals surface area (Å²) in [6.07, 6.45) is 6.80. The second-order valence-corrected chi connectivity index (χ2v) is 5.75. The molecule has 0 aliphatic heterocycles. The van der Waals surface area contributed by atoms with Gasteiger partial charge < -0.3 is 14.2 Å². The third-order valence-electron chi connectivity index (χ3n) is 2.94. The van der Waals surface area contributed by atoms with Crippen LogP contribution in [0.1, 0.15) is 52.9 Å². The van der Waals surface area contributed by atoms with Crippen LogP contribution >= 0.6 is 0 Å². The molecule has 0 heterocycles. The fourth-order valence-corrected chi connectivity index (χ4v) is 2.41. The fourth-order valence-electron chi connectivity index (χ4n) is 1.93. The van der Waals surface area contributed by atoms with E-state index in [0.29, 0.717) is 6.04 Å². The lowest BCUT2D eigenvalue weighted by molar-refractivity contribution is 0.0776. The van der Waals surface area contributed by atoms with E-state index in [9.17, 15) is 0 Å². The number of hydrogen-bond donors (Lipinski definition) is 1. The summed E-state index contributed by atoms with van der Waals surface area (Å²) in [6, 6.07) is 0.701. The largest absolute Gasteiger partial charge is 0.433 e. The van der Waals surface area contributed by atoms with Crippen molar-refractivity contribution in [1.29, 1.82) is 0 Å².